The van der Waals surface area contributed by atoms with Gasteiger partial charge < -0.3 is 10.6 Å². The van der Waals surface area contributed by atoms with Gasteiger partial charge in [-0.2, -0.15) is 4.31 Å². The van der Waals surface area contributed by atoms with Crippen LogP contribution in [0.2, 0.25) is 0 Å². The average molecular weight is 263 g/mol. The van der Waals surface area contributed by atoms with E-state index in [-0.39, 0.29) is 11.7 Å². The van der Waals surface area contributed by atoms with Gasteiger partial charge in [0.2, 0.25) is 15.9 Å². The van der Waals surface area contributed by atoms with Crippen LogP contribution in [-0.2, 0) is 14.8 Å². The maximum absolute atomic E-state index is 11.9. The minimum Gasteiger partial charge on any atom is -0.340 e. The van der Waals surface area contributed by atoms with E-state index in [1.54, 1.807) is 4.90 Å². The molecule has 6 nitrogen and oxygen atoms in total. The topological polar surface area (TPSA) is 83.7 Å². The van der Waals surface area contributed by atoms with Crippen LogP contribution in [0.4, 0.5) is 0 Å². The fraction of sp³-hybridized carbons (Fsp3) is 0.900. The number of carbonyl (C=O) groups excluding carboxylic acids is 1. The fourth-order valence-corrected chi connectivity index (χ4v) is 3.39. The number of sulfonamides is 1. The summed E-state index contributed by atoms with van der Waals surface area (Å²) in [6.07, 6.45) is 1.33. The number of nitrogens with two attached hydrogens (primary N) is 1. The fourth-order valence-electron chi connectivity index (χ4n) is 1.84. The third-order valence-electron chi connectivity index (χ3n) is 2.93. The highest BCUT2D eigenvalue weighted by atomic mass is 32.2. The minimum absolute atomic E-state index is 0.00480. The third kappa shape index (κ3) is 4.25. The SMILES string of the molecule is CC(=O)N1CCN(S(=O)(=O)CCCCN)CC1. The van der Waals surface area contributed by atoms with Gasteiger partial charge in [0.05, 0.1) is 5.75 Å². The zero-order chi connectivity index (χ0) is 12.9. The largest absolute Gasteiger partial charge is 0.340 e. The number of piperazine rings is 1. The van der Waals surface area contributed by atoms with Crippen molar-refractivity contribution in [2.45, 2.75) is 19.8 Å². The molecule has 0 atom stereocenters. The summed E-state index contributed by atoms with van der Waals surface area (Å²) in [5.74, 6) is 0.162. The highest BCUT2D eigenvalue weighted by Gasteiger charge is 2.26. The van der Waals surface area contributed by atoms with E-state index < -0.39 is 10.0 Å². The van der Waals surface area contributed by atoms with Gasteiger partial charge in [-0.05, 0) is 19.4 Å². The summed E-state index contributed by atoms with van der Waals surface area (Å²) in [6, 6.07) is 0. The molecule has 0 aromatic carbocycles. The lowest BCUT2D eigenvalue weighted by Crippen LogP contribution is -2.50. The standard InChI is InChI=1S/C10H21N3O3S/c1-10(14)12-5-7-13(8-6-12)17(15,16)9-3-2-4-11/h2-9,11H2,1H3. The Morgan fingerprint density at radius 2 is 1.76 bits per heavy atom. The van der Waals surface area contributed by atoms with E-state index >= 15 is 0 Å². The monoisotopic (exact) mass is 263 g/mol. The van der Waals surface area contributed by atoms with Gasteiger partial charge in [0, 0.05) is 33.1 Å². The number of amides is 1. The second-order valence-corrected chi connectivity index (χ2v) is 6.31. The molecule has 1 saturated heterocycles. The zero-order valence-corrected chi connectivity index (χ0v) is 11.1. The zero-order valence-electron chi connectivity index (χ0n) is 10.3. The Kier molecular flexibility index (Phi) is 5.35. The van der Waals surface area contributed by atoms with Crippen LogP contribution in [0.1, 0.15) is 19.8 Å². The number of carbonyl (C=O) groups is 1. The molecule has 7 heteroatoms. The molecule has 1 aliphatic heterocycles. The van der Waals surface area contributed by atoms with E-state index in [9.17, 15) is 13.2 Å². The third-order valence-corrected chi connectivity index (χ3v) is 4.89. The summed E-state index contributed by atoms with van der Waals surface area (Å²) in [6.45, 7) is 3.82. The van der Waals surface area contributed by atoms with E-state index in [1.807, 2.05) is 0 Å². The summed E-state index contributed by atoms with van der Waals surface area (Å²) in [5.41, 5.74) is 5.34. The number of nitrogens with zero attached hydrogens (tertiary/aromatic N) is 2. The Balaban J connectivity index is 2.44. The molecule has 0 aliphatic carbocycles. The van der Waals surface area contributed by atoms with Crippen LogP contribution in [0.3, 0.4) is 0 Å². The summed E-state index contributed by atoms with van der Waals surface area (Å²) in [7, 11) is -3.16. The van der Waals surface area contributed by atoms with Crippen LogP contribution in [0.15, 0.2) is 0 Å². The first-order valence-electron chi connectivity index (χ1n) is 5.91. The maximum Gasteiger partial charge on any atom is 0.219 e. The Labute approximate surface area is 103 Å². The number of hydrogen-bond donors (Lipinski definition) is 1. The lowest BCUT2D eigenvalue weighted by molar-refractivity contribution is -0.129. The molecule has 1 heterocycles. The van der Waals surface area contributed by atoms with Crippen LogP contribution < -0.4 is 5.73 Å². The molecule has 1 amide bonds. The number of hydrogen-bond acceptors (Lipinski definition) is 4. The number of unbranched alkanes of at least 4 members (excludes halogenated alkanes) is 1. The summed E-state index contributed by atoms with van der Waals surface area (Å²) >= 11 is 0. The Morgan fingerprint density at radius 1 is 1.18 bits per heavy atom. The minimum atomic E-state index is -3.16. The molecule has 17 heavy (non-hydrogen) atoms. The molecule has 1 fully saturated rings. The van der Waals surface area contributed by atoms with Gasteiger partial charge in [-0.1, -0.05) is 0 Å². The van der Waals surface area contributed by atoms with Gasteiger partial charge in [-0.15, -0.1) is 0 Å². The highest BCUT2D eigenvalue weighted by Crippen LogP contribution is 2.09. The first-order valence-corrected chi connectivity index (χ1v) is 7.51. The van der Waals surface area contributed by atoms with Gasteiger partial charge in [0.1, 0.15) is 0 Å². The summed E-state index contributed by atoms with van der Waals surface area (Å²) < 4.78 is 25.3. The summed E-state index contributed by atoms with van der Waals surface area (Å²) in [4.78, 5) is 12.8. The molecular formula is C10H21N3O3S. The van der Waals surface area contributed by atoms with Crippen molar-refractivity contribution in [2.75, 3.05) is 38.5 Å². The van der Waals surface area contributed by atoms with Gasteiger partial charge in [-0.3, -0.25) is 4.79 Å². The first kappa shape index (κ1) is 14.4. The summed E-state index contributed by atoms with van der Waals surface area (Å²) in [5, 5.41) is 0. The smallest absolute Gasteiger partial charge is 0.219 e. The Morgan fingerprint density at radius 3 is 2.24 bits per heavy atom. The van der Waals surface area contributed by atoms with Crippen LogP contribution in [0, 0.1) is 0 Å². The van der Waals surface area contributed by atoms with E-state index in [4.69, 9.17) is 5.73 Å². The molecule has 0 unspecified atom stereocenters. The Hall–Kier alpha value is -0.660. The van der Waals surface area contributed by atoms with Crippen molar-refractivity contribution in [3.05, 3.63) is 0 Å². The molecule has 100 valence electrons. The average Bonchev–Trinajstić information content (AvgIpc) is 2.29. The molecule has 0 saturated carbocycles. The quantitative estimate of drug-likeness (QED) is 0.659. The highest BCUT2D eigenvalue weighted by molar-refractivity contribution is 7.89. The normalized spacial score (nSPS) is 18.4. The second kappa shape index (κ2) is 6.32. The molecule has 1 aliphatic rings. The van der Waals surface area contributed by atoms with E-state index in [0.29, 0.717) is 39.1 Å². The molecule has 0 bridgehead atoms. The molecule has 1 rings (SSSR count). The molecular weight excluding hydrogens is 242 g/mol. The maximum atomic E-state index is 11.9. The van der Waals surface area contributed by atoms with E-state index in [2.05, 4.69) is 0 Å². The number of rotatable bonds is 5. The molecule has 0 radical (unpaired) electrons. The van der Waals surface area contributed by atoms with E-state index in [1.165, 1.54) is 11.2 Å². The molecule has 2 N–H and O–H groups in total. The van der Waals surface area contributed by atoms with Gasteiger partial charge in [-0.25, -0.2) is 8.42 Å². The lowest BCUT2D eigenvalue weighted by atomic mass is 10.3. The molecule has 0 spiro atoms. The van der Waals surface area contributed by atoms with Crippen molar-refractivity contribution in [3.63, 3.8) is 0 Å². The van der Waals surface area contributed by atoms with Gasteiger partial charge in [0.15, 0.2) is 0 Å². The second-order valence-electron chi connectivity index (χ2n) is 4.22. The molecule has 0 aromatic rings. The van der Waals surface area contributed by atoms with Crippen molar-refractivity contribution in [3.8, 4) is 0 Å². The van der Waals surface area contributed by atoms with E-state index in [0.717, 1.165) is 6.42 Å². The van der Waals surface area contributed by atoms with Crippen molar-refractivity contribution in [2.24, 2.45) is 5.73 Å². The van der Waals surface area contributed by atoms with Crippen molar-refractivity contribution in [1.82, 2.24) is 9.21 Å². The van der Waals surface area contributed by atoms with Crippen molar-refractivity contribution >= 4 is 15.9 Å². The van der Waals surface area contributed by atoms with Crippen LogP contribution >= 0.6 is 0 Å². The molecule has 0 aromatic heterocycles. The predicted molar refractivity (Wildman–Crippen MR) is 65.9 cm³/mol. The van der Waals surface area contributed by atoms with Crippen molar-refractivity contribution < 1.29 is 13.2 Å². The van der Waals surface area contributed by atoms with Gasteiger partial charge in [0.25, 0.3) is 0 Å². The Bertz CT molecular complexity index is 348. The van der Waals surface area contributed by atoms with Gasteiger partial charge >= 0.3 is 0 Å². The van der Waals surface area contributed by atoms with Crippen LogP contribution in [0.5, 0.6) is 0 Å². The van der Waals surface area contributed by atoms with Crippen molar-refractivity contribution in [1.29, 1.82) is 0 Å². The van der Waals surface area contributed by atoms with Crippen LogP contribution in [0.25, 0.3) is 0 Å². The first-order chi connectivity index (χ1) is 7.97. The van der Waals surface area contributed by atoms with Crippen LogP contribution in [-0.4, -0.2) is 62.0 Å². The lowest BCUT2D eigenvalue weighted by Gasteiger charge is -2.33. The predicted octanol–water partition coefficient (Wildman–Crippen LogP) is -0.781.